The van der Waals surface area contributed by atoms with Crippen LogP contribution in [0.25, 0.3) is 0 Å². The Balaban J connectivity index is 2.65. The van der Waals surface area contributed by atoms with Crippen molar-refractivity contribution in [1.29, 1.82) is 0 Å². The molecule has 0 saturated heterocycles. The molecule has 0 aliphatic carbocycles. The molecule has 2 amide bonds. The van der Waals surface area contributed by atoms with Crippen LogP contribution in [0.5, 0.6) is 0 Å². The second-order valence-electron chi connectivity index (χ2n) is 6.90. The molecule has 5 heteroatoms. The van der Waals surface area contributed by atoms with E-state index in [1.165, 1.54) is 0 Å². The molecule has 0 heterocycles. The summed E-state index contributed by atoms with van der Waals surface area (Å²) in [7, 11) is 0. The Labute approximate surface area is 144 Å². The zero-order chi connectivity index (χ0) is 18.3. The summed E-state index contributed by atoms with van der Waals surface area (Å²) in [6.07, 6.45) is 0.0596. The average molecular weight is 334 g/mol. The first kappa shape index (κ1) is 20.2. The van der Waals surface area contributed by atoms with E-state index in [4.69, 9.17) is 0 Å². The van der Waals surface area contributed by atoms with E-state index >= 15 is 0 Å². The predicted molar refractivity (Wildman–Crippen MR) is 95.7 cm³/mol. The normalized spacial score (nSPS) is 13.7. The van der Waals surface area contributed by atoms with Crippen LogP contribution in [0, 0.1) is 18.8 Å². The minimum atomic E-state index is -0.603. The standard InChI is InChI=1S/C19H30N2O3/c1-12(2)16(22)10-11-20-19(24)17(13(3)4)21-18(23)15-9-7-6-8-14(15)5/h6-9,12-13,16-17,22H,10-11H2,1-5H3,(H,20,24)(H,21,23). The SMILES string of the molecule is Cc1ccccc1C(=O)NC(C(=O)NCCC(O)C(C)C)C(C)C. The fourth-order valence-electron chi connectivity index (χ4n) is 2.37. The van der Waals surface area contributed by atoms with E-state index in [2.05, 4.69) is 10.6 Å². The number of nitrogens with one attached hydrogen (secondary N) is 2. The number of benzene rings is 1. The molecule has 0 radical (unpaired) electrons. The van der Waals surface area contributed by atoms with Gasteiger partial charge in [-0.25, -0.2) is 0 Å². The van der Waals surface area contributed by atoms with Gasteiger partial charge < -0.3 is 15.7 Å². The third-order valence-corrected chi connectivity index (χ3v) is 4.13. The number of rotatable bonds is 8. The van der Waals surface area contributed by atoms with Crippen molar-refractivity contribution in [3.63, 3.8) is 0 Å². The maximum atomic E-state index is 12.4. The van der Waals surface area contributed by atoms with Crippen molar-refractivity contribution in [1.82, 2.24) is 10.6 Å². The molecule has 0 aromatic heterocycles. The van der Waals surface area contributed by atoms with Crippen LogP contribution >= 0.6 is 0 Å². The first-order valence-electron chi connectivity index (χ1n) is 8.56. The first-order valence-corrected chi connectivity index (χ1v) is 8.56. The van der Waals surface area contributed by atoms with Crippen LogP contribution in [0.1, 0.15) is 50.0 Å². The molecule has 24 heavy (non-hydrogen) atoms. The highest BCUT2D eigenvalue weighted by Gasteiger charge is 2.25. The molecule has 134 valence electrons. The van der Waals surface area contributed by atoms with Gasteiger partial charge in [-0.2, -0.15) is 0 Å². The Morgan fingerprint density at radius 2 is 1.71 bits per heavy atom. The molecule has 0 aliphatic rings. The van der Waals surface area contributed by atoms with Crippen LogP contribution in [-0.2, 0) is 4.79 Å². The van der Waals surface area contributed by atoms with E-state index in [1.807, 2.05) is 46.8 Å². The first-order chi connectivity index (χ1) is 11.2. The van der Waals surface area contributed by atoms with Gasteiger partial charge >= 0.3 is 0 Å². The third kappa shape index (κ3) is 5.96. The Morgan fingerprint density at radius 1 is 1.08 bits per heavy atom. The predicted octanol–water partition coefficient (Wildman–Crippen LogP) is 2.27. The molecular weight excluding hydrogens is 304 g/mol. The molecule has 1 aromatic carbocycles. The van der Waals surface area contributed by atoms with Gasteiger partial charge in [-0.15, -0.1) is 0 Å². The Bertz CT molecular complexity index is 555. The molecule has 1 rings (SSSR count). The molecule has 2 unspecified atom stereocenters. The fourth-order valence-corrected chi connectivity index (χ4v) is 2.37. The van der Waals surface area contributed by atoms with Crippen LogP contribution in [0.2, 0.25) is 0 Å². The van der Waals surface area contributed by atoms with Crippen molar-refractivity contribution in [2.24, 2.45) is 11.8 Å². The lowest BCUT2D eigenvalue weighted by Crippen LogP contribution is -2.50. The molecule has 2 atom stereocenters. The summed E-state index contributed by atoms with van der Waals surface area (Å²) < 4.78 is 0. The van der Waals surface area contributed by atoms with Gasteiger partial charge in [0, 0.05) is 12.1 Å². The summed E-state index contributed by atoms with van der Waals surface area (Å²) >= 11 is 0. The highest BCUT2D eigenvalue weighted by molar-refractivity contribution is 5.98. The van der Waals surface area contributed by atoms with Crippen LogP contribution in [-0.4, -0.2) is 35.6 Å². The van der Waals surface area contributed by atoms with Crippen molar-refractivity contribution in [3.8, 4) is 0 Å². The van der Waals surface area contributed by atoms with Crippen LogP contribution < -0.4 is 10.6 Å². The largest absolute Gasteiger partial charge is 0.393 e. The Hall–Kier alpha value is -1.88. The smallest absolute Gasteiger partial charge is 0.252 e. The van der Waals surface area contributed by atoms with E-state index in [-0.39, 0.29) is 23.7 Å². The van der Waals surface area contributed by atoms with Gasteiger partial charge in [0.05, 0.1) is 6.10 Å². The maximum absolute atomic E-state index is 12.4. The van der Waals surface area contributed by atoms with E-state index in [0.29, 0.717) is 18.5 Å². The van der Waals surface area contributed by atoms with Crippen molar-refractivity contribution >= 4 is 11.8 Å². The number of hydrogen-bond acceptors (Lipinski definition) is 3. The number of aliphatic hydroxyl groups is 1. The number of amides is 2. The number of carbonyl (C=O) groups excluding carboxylic acids is 2. The summed E-state index contributed by atoms with van der Waals surface area (Å²) in [4.78, 5) is 24.8. The minimum Gasteiger partial charge on any atom is -0.393 e. The van der Waals surface area contributed by atoms with E-state index in [1.54, 1.807) is 12.1 Å². The lowest BCUT2D eigenvalue weighted by atomic mass is 10.0. The molecular formula is C19H30N2O3. The summed E-state index contributed by atoms with van der Waals surface area (Å²) in [6.45, 7) is 9.92. The van der Waals surface area contributed by atoms with Crippen molar-refractivity contribution in [2.45, 2.75) is 53.2 Å². The van der Waals surface area contributed by atoms with Crippen molar-refractivity contribution in [2.75, 3.05) is 6.54 Å². The van der Waals surface area contributed by atoms with Crippen LogP contribution in [0.4, 0.5) is 0 Å². The highest BCUT2D eigenvalue weighted by Crippen LogP contribution is 2.10. The minimum absolute atomic E-state index is 0.0343. The van der Waals surface area contributed by atoms with Crippen molar-refractivity contribution in [3.05, 3.63) is 35.4 Å². The van der Waals surface area contributed by atoms with Gasteiger partial charge in [-0.3, -0.25) is 9.59 Å². The topological polar surface area (TPSA) is 78.4 Å². The van der Waals surface area contributed by atoms with Gasteiger partial charge in [-0.1, -0.05) is 45.9 Å². The molecule has 0 bridgehead atoms. The summed E-state index contributed by atoms with van der Waals surface area (Å²) in [5.41, 5.74) is 1.45. The van der Waals surface area contributed by atoms with Crippen LogP contribution in [0.15, 0.2) is 24.3 Å². The summed E-state index contributed by atoms with van der Waals surface area (Å²) in [6, 6.07) is 6.69. The molecule has 0 fully saturated rings. The summed E-state index contributed by atoms with van der Waals surface area (Å²) in [5.74, 6) is -0.344. The maximum Gasteiger partial charge on any atom is 0.252 e. The van der Waals surface area contributed by atoms with Gasteiger partial charge in [0.1, 0.15) is 6.04 Å². The third-order valence-electron chi connectivity index (χ3n) is 4.13. The quantitative estimate of drug-likeness (QED) is 0.682. The second-order valence-corrected chi connectivity index (χ2v) is 6.90. The molecule has 1 aromatic rings. The molecule has 0 saturated carbocycles. The Kier molecular flexibility index (Phi) is 7.92. The van der Waals surface area contributed by atoms with Gasteiger partial charge in [-0.05, 0) is 36.8 Å². The lowest BCUT2D eigenvalue weighted by Gasteiger charge is -2.23. The molecule has 3 N–H and O–H groups in total. The fraction of sp³-hybridized carbons (Fsp3) is 0.579. The van der Waals surface area contributed by atoms with E-state index < -0.39 is 12.1 Å². The van der Waals surface area contributed by atoms with Crippen molar-refractivity contribution < 1.29 is 14.7 Å². The Morgan fingerprint density at radius 3 is 2.25 bits per heavy atom. The van der Waals surface area contributed by atoms with E-state index in [9.17, 15) is 14.7 Å². The number of aryl methyl sites for hydroxylation is 1. The number of hydrogen-bond donors (Lipinski definition) is 3. The second kappa shape index (κ2) is 9.42. The van der Waals surface area contributed by atoms with Crippen LogP contribution in [0.3, 0.4) is 0 Å². The molecule has 5 nitrogen and oxygen atoms in total. The highest BCUT2D eigenvalue weighted by atomic mass is 16.3. The summed E-state index contributed by atoms with van der Waals surface area (Å²) in [5, 5.41) is 15.4. The monoisotopic (exact) mass is 334 g/mol. The average Bonchev–Trinajstić information content (AvgIpc) is 2.52. The zero-order valence-corrected chi connectivity index (χ0v) is 15.3. The van der Waals surface area contributed by atoms with E-state index in [0.717, 1.165) is 5.56 Å². The zero-order valence-electron chi connectivity index (χ0n) is 15.3. The lowest BCUT2D eigenvalue weighted by molar-refractivity contribution is -0.124. The van der Waals surface area contributed by atoms with Gasteiger partial charge in [0.2, 0.25) is 5.91 Å². The number of aliphatic hydroxyl groups excluding tert-OH is 1. The molecule has 0 aliphatic heterocycles. The van der Waals surface area contributed by atoms with Gasteiger partial charge in [0.25, 0.3) is 5.91 Å². The number of carbonyl (C=O) groups is 2. The molecule has 0 spiro atoms. The van der Waals surface area contributed by atoms with Gasteiger partial charge in [0.15, 0.2) is 0 Å².